The van der Waals surface area contributed by atoms with E-state index < -0.39 is 0 Å². The summed E-state index contributed by atoms with van der Waals surface area (Å²) < 4.78 is 5.33. The first-order chi connectivity index (χ1) is 7.77. The zero-order chi connectivity index (χ0) is 11.8. The molecule has 0 bridgehead atoms. The Morgan fingerprint density at radius 3 is 2.41 bits per heavy atom. The Kier molecular flexibility index (Phi) is 9.52. The third-order valence-corrected chi connectivity index (χ3v) is 2.69. The molecule has 0 spiro atoms. The summed E-state index contributed by atoms with van der Waals surface area (Å²) in [5.41, 5.74) is 0. The minimum Gasteiger partial charge on any atom is -0.426 e. The molecule has 0 aliphatic carbocycles. The Bertz CT molecular complexity index is 311. The number of rotatable bonds is 6. The van der Waals surface area contributed by atoms with Crippen molar-refractivity contribution in [1.29, 1.82) is 0 Å². The van der Waals surface area contributed by atoms with Crippen LogP contribution in [0.2, 0.25) is 0 Å². The van der Waals surface area contributed by atoms with Crippen LogP contribution in [0.4, 0.5) is 0 Å². The monoisotopic (exact) mass is 243 g/mol. The van der Waals surface area contributed by atoms with Crippen molar-refractivity contribution in [3.8, 4) is 5.75 Å². The van der Waals surface area contributed by atoms with Crippen molar-refractivity contribution in [3.05, 3.63) is 30.3 Å². The molecule has 1 atom stereocenters. The molecular weight excluding hydrogens is 223 g/mol. The SMILES string of the molecule is CCCCC(CC)C(=O)Oc1ccccc1.[Na+]. The Labute approximate surface area is 126 Å². The van der Waals surface area contributed by atoms with Crippen LogP contribution in [-0.4, -0.2) is 5.97 Å². The first-order valence-corrected chi connectivity index (χ1v) is 6.04. The molecule has 17 heavy (non-hydrogen) atoms. The van der Waals surface area contributed by atoms with Gasteiger partial charge in [-0.15, -0.1) is 0 Å². The van der Waals surface area contributed by atoms with Gasteiger partial charge in [-0.05, 0) is 25.0 Å². The predicted molar refractivity (Wildman–Crippen MR) is 65.4 cm³/mol. The van der Waals surface area contributed by atoms with Gasteiger partial charge >= 0.3 is 35.5 Å². The van der Waals surface area contributed by atoms with E-state index in [1.54, 1.807) is 0 Å². The number of hydrogen-bond donors (Lipinski definition) is 0. The molecule has 0 aromatic heterocycles. The predicted octanol–water partition coefficient (Wildman–Crippen LogP) is 0.812. The smallest absolute Gasteiger partial charge is 0.426 e. The van der Waals surface area contributed by atoms with E-state index in [9.17, 15) is 4.79 Å². The van der Waals surface area contributed by atoms with Crippen molar-refractivity contribution in [2.75, 3.05) is 0 Å². The van der Waals surface area contributed by atoms with Crippen LogP contribution in [0.3, 0.4) is 0 Å². The van der Waals surface area contributed by atoms with Crippen LogP contribution in [0.15, 0.2) is 30.3 Å². The fraction of sp³-hybridized carbons (Fsp3) is 0.500. The second-order valence-corrected chi connectivity index (χ2v) is 3.98. The second-order valence-electron chi connectivity index (χ2n) is 3.98. The first-order valence-electron chi connectivity index (χ1n) is 6.04. The van der Waals surface area contributed by atoms with E-state index >= 15 is 0 Å². The van der Waals surface area contributed by atoms with Crippen LogP contribution in [-0.2, 0) is 4.79 Å². The molecule has 88 valence electrons. The van der Waals surface area contributed by atoms with Crippen molar-refractivity contribution >= 4 is 5.97 Å². The van der Waals surface area contributed by atoms with Gasteiger partial charge in [0.15, 0.2) is 0 Å². The van der Waals surface area contributed by atoms with Crippen LogP contribution in [0.1, 0.15) is 39.5 Å². The van der Waals surface area contributed by atoms with Gasteiger partial charge in [-0.3, -0.25) is 4.79 Å². The first kappa shape index (κ1) is 16.7. The topological polar surface area (TPSA) is 26.3 Å². The molecule has 1 rings (SSSR count). The summed E-state index contributed by atoms with van der Waals surface area (Å²) >= 11 is 0. The molecule has 0 radical (unpaired) electrons. The van der Waals surface area contributed by atoms with E-state index in [1.807, 2.05) is 37.3 Å². The van der Waals surface area contributed by atoms with Gasteiger partial charge in [-0.1, -0.05) is 44.9 Å². The fourth-order valence-corrected chi connectivity index (χ4v) is 1.63. The van der Waals surface area contributed by atoms with Gasteiger partial charge in [0.25, 0.3) is 0 Å². The molecule has 0 fully saturated rings. The number of carbonyl (C=O) groups excluding carboxylic acids is 1. The van der Waals surface area contributed by atoms with E-state index in [0.29, 0.717) is 5.75 Å². The molecule has 0 amide bonds. The van der Waals surface area contributed by atoms with Gasteiger partial charge in [-0.2, -0.15) is 0 Å². The summed E-state index contributed by atoms with van der Waals surface area (Å²) in [5.74, 6) is 0.588. The average Bonchev–Trinajstić information content (AvgIpc) is 2.31. The zero-order valence-electron chi connectivity index (χ0n) is 11.1. The van der Waals surface area contributed by atoms with Gasteiger partial charge in [0.1, 0.15) is 5.75 Å². The minimum atomic E-state index is -0.0952. The van der Waals surface area contributed by atoms with Crippen LogP contribution >= 0.6 is 0 Å². The number of ether oxygens (including phenoxy) is 1. The molecule has 1 aromatic rings. The minimum absolute atomic E-state index is 0. The molecule has 2 nitrogen and oxygen atoms in total. The second kappa shape index (κ2) is 9.69. The van der Waals surface area contributed by atoms with Gasteiger partial charge < -0.3 is 4.74 Å². The van der Waals surface area contributed by atoms with Crippen molar-refractivity contribution in [3.63, 3.8) is 0 Å². The normalized spacial score (nSPS) is 11.4. The molecular formula is C14H20NaO2+. The maximum Gasteiger partial charge on any atom is 1.00 e. The van der Waals surface area contributed by atoms with Crippen LogP contribution in [0.5, 0.6) is 5.75 Å². The summed E-state index contributed by atoms with van der Waals surface area (Å²) in [5, 5.41) is 0. The number of para-hydroxylation sites is 1. The molecule has 0 N–H and O–H groups in total. The van der Waals surface area contributed by atoms with E-state index in [2.05, 4.69) is 6.92 Å². The van der Waals surface area contributed by atoms with Crippen LogP contribution in [0, 0.1) is 5.92 Å². The molecule has 1 aromatic carbocycles. The number of benzene rings is 1. The summed E-state index contributed by atoms with van der Waals surface area (Å²) in [4.78, 5) is 11.8. The third-order valence-electron chi connectivity index (χ3n) is 2.69. The maximum absolute atomic E-state index is 11.8. The van der Waals surface area contributed by atoms with E-state index in [0.717, 1.165) is 25.7 Å². The number of hydrogen-bond acceptors (Lipinski definition) is 2. The van der Waals surface area contributed by atoms with Crippen molar-refractivity contribution < 1.29 is 39.1 Å². The molecule has 0 aliphatic heterocycles. The average molecular weight is 243 g/mol. The van der Waals surface area contributed by atoms with Crippen molar-refractivity contribution in [1.82, 2.24) is 0 Å². The maximum atomic E-state index is 11.8. The number of unbranched alkanes of at least 4 members (excludes halogenated alkanes) is 1. The largest absolute Gasteiger partial charge is 1.00 e. The standard InChI is InChI=1S/C14H20O2.Na/c1-3-5-9-12(4-2)14(15)16-13-10-7-6-8-11-13;/h6-8,10-12H,3-5,9H2,1-2H3;/q;+1. The van der Waals surface area contributed by atoms with E-state index in [4.69, 9.17) is 4.74 Å². The van der Waals surface area contributed by atoms with E-state index in [1.165, 1.54) is 0 Å². The Balaban J connectivity index is 0.00000256. The molecule has 3 heteroatoms. The quantitative estimate of drug-likeness (QED) is 0.420. The van der Waals surface area contributed by atoms with Crippen LogP contribution < -0.4 is 34.3 Å². The van der Waals surface area contributed by atoms with Gasteiger partial charge in [0.2, 0.25) is 0 Å². The summed E-state index contributed by atoms with van der Waals surface area (Å²) in [7, 11) is 0. The van der Waals surface area contributed by atoms with Gasteiger partial charge in [0.05, 0.1) is 5.92 Å². The van der Waals surface area contributed by atoms with Gasteiger partial charge in [0, 0.05) is 0 Å². The number of carbonyl (C=O) groups is 1. The fourth-order valence-electron chi connectivity index (χ4n) is 1.63. The van der Waals surface area contributed by atoms with Gasteiger partial charge in [-0.25, -0.2) is 0 Å². The number of esters is 1. The Morgan fingerprint density at radius 2 is 1.88 bits per heavy atom. The summed E-state index contributed by atoms with van der Waals surface area (Å²) in [6, 6.07) is 9.27. The van der Waals surface area contributed by atoms with Crippen LogP contribution in [0.25, 0.3) is 0 Å². The zero-order valence-corrected chi connectivity index (χ0v) is 13.1. The summed E-state index contributed by atoms with van der Waals surface area (Å²) in [6.45, 7) is 4.17. The molecule has 0 aliphatic rings. The summed E-state index contributed by atoms with van der Waals surface area (Å²) in [6.07, 6.45) is 3.99. The molecule has 0 saturated carbocycles. The molecule has 0 heterocycles. The third kappa shape index (κ3) is 6.25. The van der Waals surface area contributed by atoms with E-state index in [-0.39, 0.29) is 41.4 Å². The van der Waals surface area contributed by atoms with Crippen molar-refractivity contribution in [2.45, 2.75) is 39.5 Å². The molecule has 0 saturated heterocycles. The molecule has 1 unspecified atom stereocenters. The Morgan fingerprint density at radius 1 is 1.24 bits per heavy atom. The van der Waals surface area contributed by atoms with Crippen molar-refractivity contribution in [2.24, 2.45) is 5.92 Å². The Hall–Kier alpha value is -0.310.